The van der Waals surface area contributed by atoms with Gasteiger partial charge in [0.25, 0.3) is 5.91 Å². The molecule has 1 fully saturated rings. The number of hydrogen-bond donors (Lipinski definition) is 2. The monoisotopic (exact) mass is 481 g/mol. The molecule has 0 aliphatic heterocycles. The first-order chi connectivity index (χ1) is 16.6. The second-order valence-electron chi connectivity index (χ2n) is 9.20. The molecule has 1 aromatic carbocycles. The van der Waals surface area contributed by atoms with E-state index >= 15 is 0 Å². The Morgan fingerprint density at radius 3 is 2.43 bits per heavy atom. The van der Waals surface area contributed by atoms with Crippen molar-refractivity contribution < 1.29 is 18.4 Å². The highest BCUT2D eigenvalue weighted by molar-refractivity contribution is 6.00. The molecular formula is C26H29F2N5O2. The standard InChI is InChI=1S/C26H29F2N5O2/c1-16-14-21(17(2)29-15-16)18-4-6-20(7-5-18)31-25(35)23(19-8-11-26(27,28)12-9-19)32-24(34)22-10-13-30-33(22)3/h4-7,10,13-15,19,23H,8-9,11-12H2,1-3H3,(H,31,35)(H,32,34). The maximum atomic E-state index is 13.8. The largest absolute Gasteiger partial charge is 0.339 e. The SMILES string of the molecule is Cc1cnc(C)c(-c2ccc(NC(=O)C(NC(=O)c3ccnn3C)C3CCC(F)(F)CC3)cc2)c1. The third-order valence-electron chi connectivity index (χ3n) is 6.54. The Morgan fingerprint density at radius 2 is 1.80 bits per heavy atom. The zero-order valence-electron chi connectivity index (χ0n) is 20.0. The number of nitrogens with zero attached hydrogens (tertiary/aromatic N) is 3. The summed E-state index contributed by atoms with van der Waals surface area (Å²) in [4.78, 5) is 30.5. The highest BCUT2D eigenvalue weighted by atomic mass is 19.3. The molecule has 0 saturated heterocycles. The zero-order chi connectivity index (χ0) is 25.2. The van der Waals surface area contributed by atoms with Crippen LogP contribution in [0.25, 0.3) is 11.1 Å². The molecule has 1 unspecified atom stereocenters. The van der Waals surface area contributed by atoms with Gasteiger partial charge in [0, 0.05) is 49.2 Å². The topological polar surface area (TPSA) is 88.9 Å². The van der Waals surface area contributed by atoms with Crippen LogP contribution in [0.5, 0.6) is 0 Å². The average Bonchev–Trinajstić information content (AvgIpc) is 3.26. The van der Waals surface area contributed by atoms with Gasteiger partial charge >= 0.3 is 0 Å². The highest BCUT2D eigenvalue weighted by Gasteiger charge is 2.40. The van der Waals surface area contributed by atoms with Gasteiger partial charge in [-0.2, -0.15) is 5.10 Å². The Kier molecular flexibility index (Phi) is 6.95. The Labute approximate surface area is 202 Å². The van der Waals surface area contributed by atoms with E-state index in [1.165, 1.54) is 10.9 Å². The second kappa shape index (κ2) is 9.93. The number of amides is 2. The van der Waals surface area contributed by atoms with Crippen molar-refractivity contribution in [3.8, 4) is 11.1 Å². The van der Waals surface area contributed by atoms with Crippen LogP contribution < -0.4 is 10.6 Å². The van der Waals surface area contributed by atoms with Gasteiger partial charge in [-0.25, -0.2) is 8.78 Å². The van der Waals surface area contributed by atoms with Crippen molar-refractivity contribution in [3.05, 3.63) is 65.7 Å². The first-order valence-electron chi connectivity index (χ1n) is 11.6. The lowest BCUT2D eigenvalue weighted by atomic mass is 9.81. The van der Waals surface area contributed by atoms with Crippen molar-refractivity contribution in [2.45, 2.75) is 51.5 Å². The molecule has 1 aliphatic carbocycles. The molecule has 0 bridgehead atoms. The molecule has 4 rings (SSSR count). The minimum Gasteiger partial charge on any atom is -0.339 e. The fourth-order valence-electron chi connectivity index (χ4n) is 4.49. The van der Waals surface area contributed by atoms with Crippen molar-refractivity contribution in [1.82, 2.24) is 20.1 Å². The summed E-state index contributed by atoms with van der Waals surface area (Å²) in [5.41, 5.74) is 4.76. The Hall–Kier alpha value is -3.62. The van der Waals surface area contributed by atoms with E-state index in [0.29, 0.717) is 5.69 Å². The van der Waals surface area contributed by atoms with Gasteiger partial charge < -0.3 is 10.6 Å². The summed E-state index contributed by atoms with van der Waals surface area (Å²) in [7, 11) is 1.62. The first-order valence-corrected chi connectivity index (χ1v) is 11.6. The van der Waals surface area contributed by atoms with Crippen LogP contribution in [0.15, 0.2) is 48.8 Å². The lowest BCUT2D eigenvalue weighted by Gasteiger charge is -2.33. The number of alkyl halides is 2. The number of pyridine rings is 1. The molecule has 3 aromatic rings. The van der Waals surface area contributed by atoms with Gasteiger partial charge in [-0.05, 0) is 68.0 Å². The number of aromatic nitrogens is 3. The number of halogens is 2. The molecule has 35 heavy (non-hydrogen) atoms. The van der Waals surface area contributed by atoms with E-state index in [1.807, 2.05) is 32.2 Å². The Morgan fingerprint density at radius 1 is 1.11 bits per heavy atom. The summed E-state index contributed by atoms with van der Waals surface area (Å²) in [5.74, 6) is -4.04. The molecule has 2 aromatic heterocycles. The van der Waals surface area contributed by atoms with Crippen LogP contribution in [-0.2, 0) is 11.8 Å². The van der Waals surface area contributed by atoms with E-state index in [9.17, 15) is 18.4 Å². The minimum atomic E-state index is -2.73. The molecule has 0 spiro atoms. The van der Waals surface area contributed by atoms with Crippen LogP contribution in [0.2, 0.25) is 0 Å². The smallest absolute Gasteiger partial charge is 0.270 e. The fraction of sp³-hybridized carbons (Fsp3) is 0.385. The second-order valence-corrected chi connectivity index (χ2v) is 9.20. The minimum absolute atomic E-state index is 0.148. The highest BCUT2D eigenvalue weighted by Crippen LogP contribution is 2.38. The molecule has 2 heterocycles. The summed E-state index contributed by atoms with van der Waals surface area (Å²) >= 11 is 0. The number of anilines is 1. The van der Waals surface area contributed by atoms with Gasteiger partial charge in [-0.1, -0.05) is 12.1 Å². The fourth-order valence-corrected chi connectivity index (χ4v) is 4.49. The number of carbonyl (C=O) groups is 2. The van der Waals surface area contributed by atoms with Crippen molar-refractivity contribution >= 4 is 17.5 Å². The van der Waals surface area contributed by atoms with E-state index in [4.69, 9.17) is 0 Å². The van der Waals surface area contributed by atoms with Crippen LogP contribution in [0.1, 0.15) is 47.4 Å². The molecule has 0 radical (unpaired) electrons. The van der Waals surface area contributed by atoms with Gasteiger partial charge in [0.05, 0.1) is 0 Å². The van der Waals surface area contributed by atoms with Crippen LogP contribution in [0.4, 0.5) is 14.5 Å². The molecule has 2 amide bonds. The number of nitrogens with one attached hydrogen (secondary N) is 2. The Bertz CT molecular complexity index is 1210. The van der Waals surface area contributed by atoms with Crippen LogP contribution >= 0.6 is 0 Å². The summed E-state index contributed by atoms with van der Waals surface area (Å²) in [6.07, 6.45) is 2.99. The average molecular weight is 482 g/mol. The zero-order valence-corrected chi connectivity index (χ0v) is 20.0. The third-order valence-corrected chi connectivity index (χ3v) is 6.54. The van der Waals surface area contributed by atoms with Gasteiger partial charge in [0.1, 0.15) is 11.7 Å². The van der Waals surface area contributed by atoms with Crippen LogP contribution in [0.3, 0.4) is 0 Å². The van der Waals surface area contributed by atoms with E-state index in [2.05, 4.69) is 26.8 Å². The molecule has 9 heteroatoms. The van der Waals surface area contributed by atoms with E-state index in [0.717, 1.165) is 22.4 Å². The molecule has 1 saturated carbocycles. The third kappa shape index (κ3) is 5.72. The molecule has 1 atom stereocenters. The van der Waals surface area contributed by atoms with E-state index in [-0.39, 0.29) is 31.4 Å². The van der Waals surface area contributed by atoms with Crippen LogP contribution in [-0.4, -0.2) is 38.5 Å². The number of benzene rings is 1. The number of hydrogen-bond acceptors (Lipinski definition) is 4. The first kappa shape index (κ1) is 24.5. The predicted molar refractivity (Wildman–Crippen MR) is 129 cm³/mol. The Balaban J connectivity index is 1.52. The molecule has 2 N–H and O–H groups in total. The normalized spacial score (nSPS) is 16.5. The molecule has 7 nitrogen and oxygen atoms in total. The summed E-state index contributed by atoms with van der Waals surface area (Å²) in [6, 6.07) is 10.00. The van der Waals surface area contributed by atoms with E-state index in [1.54, 1.807) is 25.2 Å². The molecule has 184 valence electrons. The maximum Gasteiger partial charge on any atom is 0.270 e. The molecular weight excluding hydrogens is 452 g/mol. The van der Waals surface area contributed by atoms with Gasteiger partial charge in [0.2, 0.25) is 11.8 Å². The summed E-state index contributed by atoms with van der Waals surface area (Å²) in [6.45, 7) is 3.92. The summed E-state index contributed by atoms with van der Waals surface area (Å²) in [5, 5.41) is 9.60. The van der Waals surface area contributed by atoms with Crippen molar-refractivity contribution in [3.63, 3.8) is 0 Å². The number of aryl methyl sites for hydroxylation is 3. The van der Waals surface area contributed by atoms with Gasteiger partial charge in [-0.15, -0.1) is 0 Å². The van der Waals surface area contributed by atoms with Crippen LogP contribution in [0, 0.1) is 19.8 Å². The predicted octanol–water partition coefficient (Wildman–Crippen LogP) is 4.66. The van der Waals surface area contributed by atoms with Crippen molar-refractivity contribution in [2.75, 3.05) is 5.32 Å². The lowest BCUT2D eigenvalue weighted by molar-refractivity contribution is -0.121. The van der Waals surface area contributed by atoms with Gasteiger partial charge in [0.15, 0.2) is 0 Å². The molecule has 1 aliphatic rings. The summed E-state index contributed by atoms with van der Waals surface area (Å²) < 4.78 is 28.9. The maximum absolute atomic E-state index is 13.8. The number of rotatable bonds is 6. The van der Waals surface area contributed by atoms with E-state index < -0.39 is 29.7 Å². The van der Waals surface area contributed by atoms with Crippen molar-refractivity contribution in [2.24, 2.45) is 13.0 Å². The quantitative estimate of drug-likeness (QED) is 0.536. The lowest BCUT2D eigenvalue weighted by Crippen LogP contribution is -2.50. The number of carbonyl (C=O) groups excluding carboxylic acids is 2. The van der Waals surface area contributed by atoms with Crippen molar-refractivity contribution in [1.29, 1.82) is 0 Å². The van der Waals surface area contributed by atoms with Gasteiger partial charge in [-0.3, -0.25) is 19.3 Å².